The molecule has 1 aromatic heterocycles. The van der Waals surface area contributed by atoms with Crippen molar-refractivity contribution in [3.63, 3.8) is 0 Å². The molecule has 3 rings (SSSR count). The van der Waals surface area contributed by atoms with Gasteiger partial charge >= 0.3 is 0 Å². The molecule has 0 amide bonds. The van der Waals surface area contributed by atoms with Gasteiger partial charge in [0.2, 0.25) is 0 Å². The third-order valence-corrected chi connectivity index (χ3v) is 5.51. The average molecular weight is 307 g/mol. The van der Waals surface area contributed by atoms with Gasteiger partial charge in [0.25, 0.3) is 0 Å². The third kappa shape index (κ3) is 2.82. The second-order valence-corrected chi connectivity index (χ2v) is 6.89. The number of thiophene rings is 1. The van der Waals surface area contributed by atoms with Crippen molar-refractivity contribution in [1.29, 1.82) is 0 Å². The summed E-state index contributed by atoms with van der Waals surface area (Å²) in [6.07, 6.45) is 4.76. The molecule has 1 heterocycles. The maximum absolute atomic E-state index is 14.1. The predicted molar refractivity (Wildman–Crippen MR) is 84.1 cm³/mol. The van der Waals surface area contributed by atoms with Crippen LogP contribution in [0.15, 0.2) is 18.2 Å². The van der Waals surface area contributed by atoms with E-state index in [0.29, 0.717) is 5.56 Å². The highest BCUT2D eigenvalue weighted by atomic mass is 32.1. The third-order valence-electron chi connectivity index (χ3n) is 4.09. The molecule has 0 bridgehead atoms. The van der Waals surface area contributed by atoms with E-state index >= 15 is 0 Å². The van der Waals surface area contributed by atoms with Gasteiger partial charge in [0, 0.05) is 9.75 Å². The van der Waals surface area contributed by atoms with E-state index in [4.69, 9.17) is 0 Å². The van der Waals surface area contributed by atoms with Gasteiger partial charge in [0.05, 0.1) is 6.04 Å². The van der Waals surface area contributed by atoms with Gasteiger partial charge in [-0.2, -0.15) is 0 Å². The molecule has 0 radical (unpaired) electrons. The van der Waals surface area contributed by atoms with Gasteiger partial charge in [-0.05, 0) is 62.8 Å². The molecule has 1 nitrogen and oxygen atoms in total. The number of aryl methyl sites for hydroxylation is 3. The average Bonchev–Trinajstić information content (AvgIpc) is 2.91. The first-order valence-electron chi connectivity index (χ1n) is 7.39. The lowest BCUT2D eigenvalue weighted by atomic mass is 9.99. The maximum Gasteiger partial charge on any atom is 0.152 e. The molecule has 0 saturated heterocycles. The molecule has 1 unspecified atom stereocenters. The highest BCUT2D eigenvalue weighted by Gasteiger charge is 2.19. The van der Waals surface area contributed by atoms with Gasteiger partial charge in [-0.1, -0.05) is 6.07 Å². The van der Waals surface area contributed by atoms with Crippen LogP contribution in [0.5, 0.6) is 0 Å². The minimum absolute atomic E-state index is 0.0196. The summed E-state index contributed by atoms with van der Waals surface area (Å²) in [4.78, 5) is 2.59. The Morgan fingerprint density at radius 3 is 2.71 bits per heavy atom. The van der Waals surface area contributed by atoms with Crippen LogP contribution >= 0.6 is 11.3 Å². The van der Waals surface area contributed by atoms with E-state index in [9.17, 15) is 8.78 Å². The van der Waals surface area contributed by atoms with Crippen molar-refractivity contribution >= 4 is 17.0 Å². The van der Waals surface area contributed by atoms with E-state index in [2.05, 4.69) is 11.4 Å². The van der Waals surface area contributed by atoms with Crippen LogP contribution in [-0.2, 0) is 12.8 Å². The molecule has 21 heavy (non-hydrogen) atoms. The first-order valence-corrected chi connectivity index (χ1v) is 8.20. The van der Waals surface area contributed by atoms with Gasteiger partial charge in [-0.3, -0.25) is 0 Å². The zero-order valence-corrected chi connectivity index (χ0v) is 13.1. The van der Waals surface area contributed by atoms with E-state index in [1.165, 1.54) is 35.4 Å². The number of hydrogen-bond donors (Lipinski definition) is 1. The SMILES string of the molecule is Cc1ccc(F)c(NC(C)c2cc3c(s2)CCCC3)c1F. The normalized spacial score (nSPS) is 15.6. The van der Waals surface area contributed by atoms with E-state index in [1.54, 1.807) is 18.3 Å². The molecule has 0 aliphatic heterocycles. The van der Waals surface area contributed by atoms with E-state index < -0.39 is 11.6 Å². The molecule has 112 valence electrons. The maximum atomic E-state index is 14.1. The van der Waals surface area contributed by atoms with E-state index in [-0.39, 0.29) is 11.7 Å². The Hall–Kier alpha value is -1.42. The molecule has 0 fully saturated rings. The number of hydrogen-bond acceptors (Lipinski definition) is 2. The Bertz CT molecular complexity index is 640. The number of fused-ring (bicyclic) bond motifs is 1. The van der Waals surface area contributed by atoms with Crippen molar-refractivity contribution in [2.24, 2.45) is 0 Å². The predicted octanol–water partition coefficient (Wildman–Crippen LogP) is 5.39. The molecule has 1 aliphatic carbocycles. The van der Waals surface area contributed by atoms with Crippen molar-refractivity contribution in [3.8, 4) is 0 Å². The van der Waals surface area contributed by atoms with Gasteiger partial charge in [0.1, 0.15) is 11.5 Å². The van der Waals surface area contributed by atoms with Crippen LogP contribution in [0.1, 0.15) is 46.7 Å². The van der Waals surface area contributed by atoms with Crippen molar-refractivity contribution in [1.82, 2.24) is 0 Å². The molecule has 0 saturated carbocycles. The van der Waals surface area contributed by atoms with E-state index in [0.717, 1.165) is 17.7 Å². The van der Waals surface area contributed by atoms with Gasteiger partial charge in [0.15, 0.2) is 5.82 Å². The van der Waals surface area contributed by atoms with Crippen molar-refractivity contribution in [2.45, 2.75) is 45.6 Å². The molecular formula is C17H19F2NS. The van der Waals surface area contributed by atoms with Crippen LogP contribution in [0, 0.1) is 18.6 Å². The minimum Gasteiger partial charge on any atom is -0.373 e. The fourth-order valence-electron chi connectivity index (χ4n) is 2.80. The smallest absolute Gasteiger partial charge is 0.152 e. The highest BCUT2D eigenvalue weighted by molar-refractivity contribution is 7.12. The lowest BCUT2D eigenvalue weighted by Crippen LogP contribution is -2.09. The molecule has 1 aliphatic rings. The molecule has 0 spiro atoms. The highest BCUT2D eigenvalue weighted by Crippen LogP contribution is 2.35. The zero-order chi connectivity index (χ0) is 15.0. The summed E-state index contributed by atoms with van der Waals surface area (Å²) >= 11 is 1.77. The van der Waals surface area contributed by atoms with Crippen LogP contribution < -0.4 is 5.32 Å². The van der Waals surface area contributed by atoms with Crippen LogP contribution in [0.25, 0.3) is 0 Å². The number of nitrogens with one attached hydrogen (secondary N) is 1. The van der Waals surface area contributed by atoms with Crippen LogP contribution in [0.3, 0.4) is 0 Å². The summed E-state index contributed by atoms with van der Waals surface area (Å²) in [5.41, 5.74) is 1.85. The molecule has 2 aromatic rings. The molecular weight excluding hydrogens is 288 g/mol. The summed E-state index contributed by atoms with van der Waals surface area (Å²) in [7, 11) is 0. The van der Waals surface area contributed by atoms with Gasteiger partial charge < -0.3 is 5.32 Å². The second-order valence-electron chi connectivity index (χ2n) is 5.72. The van der Waals surface area contributed by atoms with Crippen molar-refractivity contribution in [3.05, 3.63) is 50.7 Å². The standard InChI is InChI=1S/C17H19F2NS/c1-10-7-8-13(18)17(16(10)19)20-11(2)15-9-12-5-3-4-6-14(12)21-15/h7-9,11,20H,3-6H2,1-2H3. The summed E-state index contributed by atoms with van der Waals surface area (Å²) < 4.78 is 27.9. The topological polar surface area (TPSA) is 12.0 Å². The largest absolute Gasteiger partial charge is 0.373 e. The van der Waals surface area contributed by atoms with Gasteiger partial charge in [-0.15, -0.1) is 11.3 Å². The summed E-state index contributed by atoms with van der Waals surface area (Å²) in [6.45, 7) is 3.60. The Morgan fingerprint density at radius 1 is 1.19 bits per heavy atom. The van der Waals surface area contributed by atoms with Crippen molar-refractivity contribution < 1.29 is 8.78 Å². The minimum atomic E-state index is -0.536. The lowest BCUT2D eigenvalue weighted by molar-refractivity contribution is 0.579. The first kappa shape index (κ1) is 14.5. The fourth-order valence-corrected chi connectivity index (χ4v) is 4.06. The second kappa shape index (κ2) is 5.76. The monoisotopic (exact) mass is 307 g/mol. The first-order chi connectivity index (χ1) is 10.1. The number of rotatable bonds is 3. The zero-order valence-electron chi connectivity index (χ0n) is 12.3. The number of anilines is 1. The lowest BCUT2D eigenvalue weighted by Gasteiger charge is -2.16. The van der Waals surface area contributed by atoms with Crippen LogP contribution in [-0.4, -0.2) is 0 Å². The Balaban J connectivity index is 1.85. The number of benzene rings is 1. The van der Waals surface area contributed by atoms with E-state index in [1.807, 2.05) is 6.92 Å². The fraction of sp³-hybridized carbons (Fsp3) is 0.412. The Kier molecular flexibility index (Phi) is 3.98. The Labute approximate surface area is 128 Å². The molecule has 1 atom stereocenters. The molecule has 1 N–H and O–H groups in total. The Morgan fingerprint density at radius 2 is 1.95 bits per heavy atom. The summed E-state index contributed by atoms with van der Waals surface area (Å²) in [5, 5.41) is 3.01. The summed E-state index contributed by atoms with van der Waals surface area (Å²) in [6, 6.07) is 4.88. The molecule has 1 aromatic carbocycles. The summed E-state index contributed by atoms with van der Waals surface area (Å²) in [5.74, 6) is -1.03. The quantitative estimate of drug-likeness (QED) is 0.802. The van der Waals surface area contributed by atoms with Crippen molar-refractivity contribution in [2.75, 3.05) is 5.32 Å². The van der Waals surface area contributed by atoms with Crippen LogP contribution in [0.4, 0.5) is 14.5 Å². The number of halogens is 2. The van der Waals surface area contributed by atoms with Gasteiger partial charge in [-0.25, -0.2) is 8.78 Å². The van der Waals surface area contributed by atoms with Crippen LogP contribution in [0.2, 0.25) is 0 Å². The molecule has 4 heteroatoms.